The molecule has 2 heterocycles. The molecule has 4 rings (SSSR count). The summed E-state index contributed by atoms with van der Waals surface area (Å²) in [5.41, 5.74) is 3.48. The Balaban J connectivity index is 1.66. The van der Waals surface area contributed by atoms with Crippen LogP contribution in [0.5, 0.6) is 11.5 Å². The van der Waals surface area contributed by atoms with Crippen LogP contribution in [0.15, 0.2) is 48.9 Å². The fourth-order valence-corrected chi connectivity index (χ4v) is 4.11. The molecule has 6 nitrogen and oxygen atoms in total. The molecule has 8 heteroatoms. The van der Waals surface area contributed by atoms with Crippen LogP contribution in [0.25, 0.3) is 11.6 Å². The van der Waals surface area contributed by atoms with Crippen molar-refractivity contribution < 1.29 is 14.2 Å². The molecule has 0 atom stereocenters. The molecule has 0 aliphatic heterocycles. The summed E-state index contributed by atoms with van der Waals surface area (Å²) in [6, 6.07) is 12.0. The first-order chi connectivity index (χ1) is 15.0. The van der Waals surface area contributed by atoms with Crippen LogP contribution in [0.1, 0.15) is 22.4 Å². The van der Waals surface area contributed by atoms with Gasteiger partial charge in [-0.3, -0.25) is 4.98 Å². The van der Waals surface area contributed by atoms with E-state index in [0.29, 0.717) is 27.5 Å². The smallest absolute Gasteiger partial charge is 0.199 e. The molecule has 0 saturated heterocycles. The maximum absolute atomic E-state index is 11.5. The second-order valence-electron chi connectivity index (χ2n) is 7.03. The minimum absolute atomic E-state index is 0.0402. The molecule has 0 spiro atoms. The third-order valence-electron chi connectivity index (χ3n) is 5.04. The van der Waals surface area contributed by atoms with Gasteiger partial charge >= 0.3 is 0 Å². The molecule has 0 bridgehead atoms. The Labute approximate surface area is 189 Å². The summed E-state index contributed by atoms with van der Waals surface area (Å²) in [5, 5.41) is 21.4. The Kier molecular flexibility index (Phi) is 5.99. The van der Waals surface area contributed by atoms with E-state index in [1.807, 2.05) is 12.1 Å². The SMILES string of the molecule is COc1cnc(C(C#N)=Cc2c(Cl)c[n+]([O-])cc2Cl)cc1OC1Cc2ccccc2C1. The molecule has 0 amide bonds. The molecule has 0 fully saturated rings. The van der Waals surface area contributed by atoms with Gasteiger partial charge in [0.05, 0.1) is 24.6 Å². The summed E-state index contributed by atoms with van der Waals surface area (Å²) < 4.78 is 12.1. The van der Waals surface area contributed by atoms with Crippen LogP contribution in [0, 0.1) is 16.5 Å². The lowest BCUT2D eigenvalue weighted by atomic mass is 10.1. The normalized spacial score (nSPS) is 13.5. The fraction of sp³-hybridized carbons (Fsp3) is 0.174. The van der Waals surface area contributed by atoms with E-state index in [4.69, 9.17) is 32.7 Å². The maximum Gasteiger partial charge on any atom is 0.199 e. The summed E-state index contributed by atoms with van der Waals surface area (Å²) in [6.07, 6.45) is 6.89. The Bertz CT molecular complexity index is 1170. The van der Waals surface area contributed by atoms with E-state index in [1.165, 1.54) is 42.9 Å². The Morgan fingerprint density at radius 1 is 1.19 bits per heavy atom. The number of halogens is 2. The lowest BCUT2D eigenvalue weighted by molar-refractivity contribution is -0.605. The van der Waals surface area contributed by atoms with Gasteiger partial charge in [-0.15, -0.1) is 0 Å². The number of fused-ring (bicyclic) bond motifs is 1. The van der Waals surface area contributed by atoms with E-state index in [9.17, 15) is 10.5 Å². The van der Waals surface area contributed by atoms with Crippen molar-refractivity contribution in [3.8, 4) is 17.6 Å². The van der Waals surface area contributed by atoms with E-state index in [0.717, 1.165) is 12.8 Å². The van der Waals surface area contributed by atoms with Crippen molar-refractivity contribution in [1.29, 1.82) is 5.26 Å². The average molecular weight is 454 g/mol. The number of aromatic nitrogens is 2. The molecular formula is C23H17Cl2N3O3. The molecule has 0 radical (unpaired) electrons. The number of hydrogen-bond donors (Lipinski definition) is 0. The zero-order valence-corrected chi connectivity index (χ0v) is 18.0. The zero-order chi connectivity index (χ0) is 22.0. The van der Waals surface area contributed by atoms with Crippen LogP contribution >= 0.6 is 23.2 Å². The van der Waals surface area contributed by atoms with E-state index in [1.54, 1.807) is 6.07 Å². The van der Waals surface area contributed by atoms with Gasteiger partial charge in [0.2, 0.25) is 0 Å². The predicted molar refractivity (Wildman–Crippen MR) is 118 cm³/mol. The number of nitriles is 1. The van der Waals surface area contributed by atoms with E-state index in [2.05, 4.69) is 23.2 Å². The van der Waals surface area contributed by atoms with Crippen molar-refractivity contribution in [2.75, 3.05) is 7.11 Å². The second kappa shape index (κ2) is 8.84. The van der Waals surface area contributed by atoms with Crippen LogP contribution in [0.4, 0.5) is 0 Å². The monoisotopic (exact) mass is 453 g/mol. The molecule has 0 saturated carbocycles. The highest BCUT2D eigenvalue weighted by Crippen LogP contribution is 2.34. The predicted octanol–water partition coefficient (Wildman–Crippen LogP) is 4.64. The fourth-order valence-electron chi connectivity index (χ4n) is 3.56. The van der Waals surface area contributed by atoms with E-state index >= 15 is 0 Å². The van der Waals surface area contributed by atoms with Crippen molar-refractivity contribution >= 4 is 34.9 Å². The highest BCUT2D eigenvalue weighted by Gasteiger charge is 2.24. The zero-order valence-electron chi connectivity index (χ0n) is 16.5. The first kappa shape index (κ1) is 21.0. The summed E-state index contributed by atoms with van der Waals surface area (Å²) in [4.78, 5) is 4.32. The minimum atomic E-state index is -0.0402. The number of benzene rings is 1. The Hall–Kier alpha value is -3.27. The van der Waals surface area contributed by atoms with Gasteiger partial charge in [-0.2, -0.15) is 9.99 Å². The topological polar surface area (TPSA) is 82.1 Å². The van der Waals surface area contributed by atoms with Crippen molar-refractivity contribution in [3.05, 3.63) is 86.6 Å². The third-order valence-corrected chi connectivity index (χ3v) is 5.64. The number of pyridine rings is 2. The number of nitrogens with zero attached hydrogens (tertiary/aromatic N) is 3. The number of ether oxygens (including phenoxy) is 2. The van der Waals surface area contributed by atoms with Crippen molar-refractivity contribution in [3.63, 3.8) is 0 Å². The molecular weight excluding hydrogens is 437 g/mol. The largest absolute Gasteiger partial charge is 0.619 e. The first-order valence-corrected chi connectivity index (χ1v) is 10.2. The van der Waals surface area contributed by atoms with Gasteiger partial charge in [-0.25, -0.2) is 0 Å². The van der Waals surface area contributed by atoms with Crippen LogP contribution in [-0.2, 0) is 12.8 Å². The van der Waals surface area contributed by atoms with Gasteiger partial charge in [-0.1, -0.05) is 47.5 Å². The lowest BCUT2D eigenvalue weighted by Crippen LogP contribution is -2.24. The van der Waals surface area contributed by atoms with Gasteiger partial charge in [0.25, 0.3) is 0 Å². The highest BCUT2D eigenvalue weighted by atomic mass is 35.5. The molecule has 0 unspecified atom stereocenters. The summed E-state index contributed by atoms with van der Waals surface area (Å²) in [5.74, 6) is 0.967. The molecule has 31 heavy (non-hydrogen) atoms. The van der Waals surface area contributed by atoms with Crippen molar-refractivity contribution in [2.24, 2.45) is 0 Å². The number of methoxy groups -OCH3 is 1. The molecule has 1 aliphatic rings. The maximum atomic E-state index is 11.5. The number of hydrogen-bond acceptors (Lipinski definition) is 5. The average Bonchev–Trinajstić information content (AvgIpc) is 3.15. The highest BCUT2D eigenvalue weighted by molar-refractivity contribution is 6.37. The van der Waals surface area contributed by atoms with E-state index in [-0.39, 0.29) is 21.7 Å². The molecule has 3 aromatic rings. The molecule has 156 valence electrons. The van der Waals surface area contributed by atoms with Crippen molar-refractivity contribution in [1.82, 2.24) is 4.98 Å². The Morgan fingerprint density at radius 3 is 2.42 bits per heavy atom. The molecule has 2 aromatic heterocycles. The van der Waals surface area contributed by atoms with Crippen molar-refractivity contribution in [2.45, 2.75) is 18.9 Å². The Morgan fingerprint density at radius 2 is 1.84 bits per heavy atom. The van der Waals surface area contributed by atoms with Gasteiger partial charge < -0.3 is 14.7 Å². The van der Waals surface area contributed by atoms with Gasteiger partial charge in [0.15, 0.2) is 23.9 Å². The van der Waals surface area contributed by atoms with Gasteiger partial charge in [0, 0.05) is 24.5 Å². The van der Waals surface area contributed by atoms with Crippen LogP contribution in [-0.4, -0.2) is 18.2 Å². The summed E-state index contributed by atoms with van der Waals surface area (Å²) in [6.45, 7) is 0. The van der Waals surface area contributed by atoms with Crippen LogP contribution < -0.4 is 14.2 Å². The third kappa shape index (κ3) is 4.43. The van der Waals surface area contributed by atoms with E-state index < -0.39 is 0 Å². The van der Waals surface area contributed by atoms with Gasteiger partial charge in [0.1, 0.15) is 22.2 Å². The molecule has 1 aliphatic carbocycles. The van der Waals surface area contributed by atoms with Gasteiger partial charge in [-0.05, 0) is 17.2 Å². The lowest BCUT2D eigenvalue weighted by Gasteiger charge is -2.16. The standard InChI is InChI=1S/C23H17Cl2N3O3/c1-30-23-11-27-21(16(10-26)8-18-19(24)12-28(29)13-20(18)25)9-22(23)31-17-6-14-4-2-3-5-15(14)7-17/h2-5,8-9,11-13,17H,6-7H2,1H3. The summed E-state index contributed by atoms with van der Waals surface area (Å²) >= 11 is 12.3. The summed E-state index contributed by atoms with van der Waals surface area (Å²) in [7, 11) is 1.54. The quantitative estimate of drug-likeness (QED) is 0.319. The number of rotatable bonds is 5. The number of allylic oxidation sites excluding steroid dienone is 1. The first-order valence-electron chi connectivity index (χ1n) is 9.46. The van der Waals surface area contributed by atoms with Crippen LogP contribution in [0.3, 0.4) is 0 Å². The second-order valence-corrected chi connectivity index (χ2v) is 7.85. The molecule has 0 N–H and O–H groups in total. The molecule has 1 aromatic carbocycles. The minimum Gasteiger partial charge on any atom is -0.619 e. The van der Waals surface area contributed by atoms with Crippen LogP contribution in [0.2, 0.25) is 10.0 Å².